The highest BCUT2D eigenvalue weighted by molar-refractivity contribution is 7.98. The van der Waals surface area contributed by atoms with E-state index in [-0.39, 0.29) is 0 Å². The number of aromatic nitrogens is 2. The minimum Gasteiger partial charge on any atom is -0.383 e. The molecule has 0 spiro atoms. The zero-order valence-corrected chi connectivity index (χ0v) is 12.2. The highest BCUT2D eigenvalue weighted by Crippen LogP contribution is 2.25. The van der Waals surface area contributed by atoms with Crippen molar-refractivity contribution < 1.29 is 4.74 Å². The molecule has 2 heterocycles. The molecule has 0 saturated heterocycles. The molecule has 1 aliphatic rings. The largest absolute Gasteiger partial charge is 0.383 e. The van der Waals surface area contributed by atoms with Crippen LogP contribution in [0.1, 0.15) is 22.6 Å². The van der Waals surface area contributed by atoms with Gasteiger partial charge in [0.25, 0.3) is 0 Å². The van der Waals surface area contributed by atoms with Gasteiger partial charge in [0, 0.05) is 16.9 Å². The van der Waals surface area contributed by atoms with Gasteiger partial charge in [0.2, 0.25) is 0 Å². The van der Waals surface area contributed by atoms with Crippen LogP contribution in [0.4, 0.5) is 5.82 Å². The Balaban J connectivity index is 1.74. The van der Waals surface area contributed by atoms with Crippen LogP contribution in [0.25, 0.3) is 0 Å². The lowest BCUT2D eigenvalue weighted by Crippen LogP contribution is -2.16. The van der Waals surface area contributed by atoms with Crippen LogP contribution in [0.5, 0.6) is 0 Å². The van der Waals surface area contributed by atoms with E-state index in [9.17, 15) is 0 Å². The molecule has 1 aromatic carbocycles. The summed E-state index contributed by atoms with van der Waals surface area (Å²) < 4.78 is 5.39. The molecule has 2 N–H and O–H groups in total. The van der Waals surface area contributed by atoms with E-state index in [1.54, 1.807) is 11.8 Å². The monoisotopic (exact) mass is 287 g/mol. The summed E-state index contributed by atoms with van der Waals surface area (Å²) in [6, 6.07) is 8.47. The molecule has 0 fully saturated rings. The van der Waals surface area contributed by atoms with E-state index in [2.05, 4.69) is 41.2 Å². The first-order valence-electron chi connectivity index (χ1n) is 6.64. The highest BCUT2D eigenvalue weighted by atomic mass is 32.2. The van der Waals surface area contributed by atoms with E-state index in [1.807, 2.05) is 0 Å². The third-order valence-corrected chi connectivity index (χ3v) is 4.30. The number of fused-ring (bicyclic) bond motifs is 1. The second-order valence-corrected chi connectivity index (χ2v) is 5.90. The number of rotatable bonds is 3. The van der Waals surface area contributed by atoms with E-state index >= 15 is 0 Å². The van der Waals surface area contributed by atoms with Crippen molar-refractivity contribution >= 4 is 17.6 Å². The number of benzene rings is 1. The fraction of sp³-hybridized carbons (Fsp3) is 0.333. The third kappa shape index (κ3) is 2.94. The van der Waals surface area contributed by atoms with E-state index in [0.717, 1.165) is 29.3 Å². The van der Waals surface area contributed by atoms with Crippen molar-refractivity contribution in [1.29, 1.82) is 0 Å². The number of ether oxygens (including phenoxy) is 1. The maximum absolute atomic E-state index is 5.99. The number of nitrogens with zero attached hydrogens (tertiary/aromatic N) is 2. The number of hydrogen-bond donors (Lipinski definition) is 1. The van der Waals surface area contributed by atoms with Crippen LogP contribution in [0.2, 0.25) is 0 Å². The summed E-state index contributed by atoms with van der Waals surface area (Å²) in [5.74, 6) is 2.10. The van der Waals surface area contributed by atoms with Crippen LogP contribution < -0.4 is 5.73 Å². The molecule has 0 amide bonds. The Morgan fingerprint density at radius 3 is 2.85 bits per heavy atom. The lowest BCUT2D eigenvalue weighted by Gasteiger charge is -2.17. The molecule has 2 aromatic rings. The molecule has 3 rings (SSSR count). The molecule has 0 atom stereocenters. The van der Waals surface area contributed by atoms with Gasteiger partial charge in [-0.25, -0.2) is 9.97 Å². The Bertz CT molecular complexity index is 613. The summed E-state index contributed by atoms with van der Waals surface area (Å²) in [5, 5.41) is 0. The summed E-state index contributed by atoms with van der Waals surface area (Å²) in [6.07, 6.45) is 0.824. The average molecular weight is 287 g/mol. The standard InChI is InChI=1S/C15H17N3OS/c1-10-2-4-11(5-3-10)20-9-14-17-13-6-7-19-8-12(13)15(16)18-14/h2-5H,6-9H2,1H3,(H2,16,17,18). The summed E-state index contributed by atoms with van der Waals surface area (Å²) in [4.78, 5) is 10.2. The van der Waals surface area contributed by atoms with Gasteiger partial charge >= 0.3 is 0 Å². The van der Waals surface area contributed by atoms with Gasteiger partial charge in [0.15, 0.2) is 0 Å². The molecule has 20 heavy (non-hydrogen) atoms. The van der Waals surface area contributed by atoms with Crippen LogP contribution in [0, 0.1) is 6.92 Å². The lowest BCUT2D eigenvalue weighted by atomic mass is 10.1. The number of nitrogens with two attached hydrogens (primary N) is 1. The van der Waals surface area contributed by atoms with Crippen molar-refractivity contribution in [2.75, 3.05) is 12.3 Å². The molecule has 0 radical (unpaired) electrons. The van der Waals surface area contributed by atoms with Crippen molar-refractivity contribution in [2.45, 2.75) is 30.6 Å². The Kier molecular flexibility index (Phi) is 3.89. The second-order valence-electron chi connectivity index (χ2n) is 4.85. The zero-order valence-electron chi connectivity index (χ0n) is 11.4. The summed E-state index contributed by atoms with van der Waals surface area (Å²) in [5.41, 5.74) is 9.26. The fourth-order valence-corrected chi connectivity index (χ4v) is 2.91. The summed E-state index contributed by atoms with van der Waals surface area (Å²) in [6.45, 7) is 3.34. The maximum Gasteiger partial charge on any atom is 0.141 e. The molecule has 5 heteroatoms. The van der Waals surface area contributed by atoms with Gasteiger partial charge in [-0.3, -0.25) is 0 Å². The summed E-state index contributed by atoms with van der Waals surface area (Å²) in [7, 11) is 0. The number of nitrogen functional groups attached to an aromatic ring is 1. The van der Waals surface area contributed by atoms with E-state index in [0.29, 0.717) is 19.0 Å². The van der Waals surface area contributed by atoms with Crippen LogP contribution in [0.15, 0.2) is 29.2 Å². The lowest BCUT2D eigenvalue weighted by molar-refractivity contribution is 0.109. The first-order chi connectivity index (χ1) is 9.72. The van der Waals surface area contributed by atoms with Crippen molar-refractivity contribution in [3.63, 3.8) is 0 Å². The number of hydrogen-bond acceptors (Lipinski definition) is 5. The van der Waals surface area contributed by atoms with Crippen molar-refractivity contribution in [3.05, 3.63) is 46.9 Å². The molecule has 104 valence electrons. The average Bonchev–Trinajstić information content (AvgIpc) is 2.47. The molecule has 0 unspecified atom stereocenters. The molecule has 0 aliphatic carbocycles. The second kappa shape index (κ2) is 5.81. The Hall–Kier alpha value is -1.59. The number of aryl methyl sites for hydroxylation is 1. The van der Waals surface area contributed by atoms with Crippen LogP contribution in [-0.2, 0) is 23.5 Å². The van der Waals surface area contributed by atoms with Gasteiger partial charge in [-0.1, -0.05) is 17.7 Å². The molecule has 1 aromatic heterocycles. The summed E-state index contributed by atoms with van der Waals surface area (Å²) >= 11 is 1.73. The van der Waals surface area contributed by atoms with Crippen molar-refractivity contribution in [3.8, 4) is 0 Å². The highest BCUT2D eigenvalue weighted by Gasteiger charge is 2.16. The van der Waals surface area contributed by atoms with E-state index in [1.165, 1.54) is 10.5 Å². The number of anilines is 1. The normalized spacial score (nSPS) is 14.1. The Labute approximate surface area is 122 Å². The predicted octanol–water partition coefficient (Wildman–Crippen LogP) is 2.73. The minimum absolute atomic E-state index is 0.534. The first kappa shape index (κ1) is 13.4. The fourth-order valence-electron chi connectivity index (χ4n) is 2.16. The molecule has 1 aliphatic heterocycles. The smallest absolute Gasteiger partial charge is 0.141 e. The quantitative estimate of drug-likeness (QED) is 0.880. The first-order valence-corrected chi connectivity index (χ1v) is 7.62. The van der Waals surface area contributed by atoms with Crippen LogP contribution >= 0.6 is 11.8 Å². The van der Waals surface area contributed by atoms with Gasteiger partial charge in [-0.2, -0.15) is 0 Å². The molecule has 4 nitrogen and oxygen atoms in total. The van der Waals surface area contributed by atoms with Gasteiger partial charge in [0.05, 0.1) is 24.7 Å². The zero-order chi connectivity index (χ0) is 13.9. The van der Waals surface area contributed by atoms with Gasteiger partial charge < -0.3 is 10.5 Å². The number of thioether (sulfide) groups is 1. The Morgan fingerprint density at radius 2 is 2.05 bits per heavy atom. The van der Waals surface area contributed by atoms with Crippen molar-refractivity contribution in [1.82, 2.24) is 9.97 Å². The topological polar surface area (TPSA) is 61.0 Å². The SMILES string of the molecule is Cc1ccc(SCc2nc(N)c3c(n2)CCOC3)cc1. The minimum atomic E-state index is 0.534. The molecular weight excluding hydrogens is 270 g/mol. The van der Waals surface area contributed by atoms with Gasteiger partial charge in [-0.15, -0.1) is 11.8 Å². The van der Waals surface area contributed by atoms with Crippen LogP contribution in [-0.4, -0.2) is 16.6 Å². The molecule has 0 bridgehead atoms. The van der Waals surface area contributed by atoms with Crippen molar-refractivity contribution in [2.24, 2.45) is 0 Å². The molecular formula is C15H17N3OS. The van der Waals surface area contributed by atoms with Gasteiger partial charge in [-0.05, 0) is 19.1 Å². The van der Waals surface area contributed by atoms with Gasteiger partial charge in [0.1, 0.15) is 11.6 Å². The van der Waals surface area contributed by atoms with E-state index in [4.69, 9.17) is 10.5 Å². The molecule has 0 saturated carbocycles. The third-order valence-electron chi connectivity index (χ3n) is 3.29. The van der Waals surface area contributed by atoms with Crippen LogP contribution in [0.3, 0.4) is 0 Å². The maximum atomic E-state index is 5.99. The predicted molar refractivity (Wildman–Crippen MR) is 80.5 cm³/mol. The van der Waals surface area contributed by atoms with E-state index < -0.39 is 0 Å². The Morgan fingerprint density at radius 1 is 1.25 bits per heavy atom.